The van der Waals surface area contributed by atoms with Gasteiger partial charge in [-0.3, -0.25) is 19.2 Å². The minimum Gasteiger partial charge on any atom is -0.345 e. The zero-order chi connectivity index (χ0) is 22.6. The standard InChI is InChI=1S/C18H34N6O5/c1-10(9-25)21-16(27)12(3)23-18(29)14(7-5-6-8-19)24-17(28)13(4)22-15(26)11(2)20/h9-14H,5-8,19-20H2,1-4H3,(H,21,27)(H,22,26)(H,23,29)(H,24,28)/t10-,11-,12-,13-,14-/m0/s1. The fraction of sp³-hybridized carbons (Fsp3) is 0.722. The summed E-state index contributed by atoms with van der Waals surface area (Å²) in [6.45, 7) is 6.37. The van der Waals surface area contributed by atoms with Crippen LogP contribution in [-0.2, 0) is 24.0 Å². The molecule has 8 N–H and O–H groups in total. The summed E-state index contributed by atoms with van der Waals surface area (Å²) in [5.41, 5.74) is 10.9. The van der Waals surface area contributed by atoms with Crippen molar-refractivity contribution in [3.05, 3.63) is 0 Å². The van der Waals surface area contributed by atoms with Gasteiger partial charge in [0.05, 0.1) is 12.1 Å². The van der Waals surface area contributed by atoms with Gasteiger partial charge in [-0.2, -0.15) is 0 Å². The summed E-state index contributed by atoms with van der Waals surface area (Å²) in [7, 11) is 0. The van der Waals surface area contributed by atoms with Crippen LogP contribution in [0, 0.1) is 0 Å². The Morgan fingerprint density at radius 1 is 0.793 bits per heavy atom. The van der Waals surface area contributed by atoms with Crippen molar-refractivity contribution in [2.45, 2.75) is 77.2 Å². The van der Waals surface area contributed by atoms with E-state index in [9.17, 15) is 24.0 Å². The number of nitrogens with one attached hydrogen (secondary N) is 4. The van der Waals surface area contributed by atoms with Crippen molar-refractivity contribution in [3.63, 3.8) is 0 Å². The molecule has 0 rings (SSSR count). The number of rotatable bonds is 13. The second-order valence-electron chi connectivity index (χ2n) is 7.03. The average Bonchev–Trinajstić information content (AvgIpc) is 2.66. The fourth-order valence-corrected chi connectivity index (χ4v) is 2.23. The van der Waals surface area contributed by atoms with Gasteiger partial charge in [-0.25, -0.2) is 0 Å². The third-order valence-corrected chi connectivity index (χ3v) is 4.07. The molecule has 0 radical (unpaired) electrons. The van der Waals surface area contributed by atoms with Crippen molar-refractivity contribution in [2.24, 2.45) is 11.5 Å². The highest BCUT2D eigenvalue weighted by Crippen LogP contribution is 2.03. The van der Waals surface area contributed by atoms with Crippen LogP contribution in [0.1, 0.15) is 47.0 Å². The van der Waals surface area contributed by atoms with Gasteiger partial charge >= 0.3 is 0 Å². The average molecular weight is 415 g/mol. The number of hydrogen-bond donors (Lipinski definition) is 6. The normalized spacial score (nSPS) is 15.8. The lowest BCUT2D eigenvalue weighted by Crippen LogP contribution is -2.56. The van der Waals surface area contributed by atoms with Crippen molar-refractivity contribution in [1.82, 2.24) is 21.3 Å². The van der Waals surface area contributed by atoms with Gasteiger partial charge in [0.1, 0.15) is 24.4 Å². The van der Waals surface area contributed by atoms with E-state index < -0.39 is 53.8 Å². The molecule has 0 saturated heterocycles. The molecular formula is C18H34N6O5. The summed E-state index contributed by atoms with van der Waals surface area (Å²) in [6, 6.07) is -4.18. The SMILES string of the molecule is C[C@H](N)C(=O)N[C@@H](C)C(=O)N[C@@H](CCCCN)C(=O)N[C@@H](C)C(=O)N[C@@H](C)C=O. The second kappa shape index (κ2) is 13.6. The maximum Gasteiger partial charge on any atom is 0.243 e. The van der Waals surface area contributed by atoms with E-state index in [1.165, 1.54) is 27.7 Å². The molecule has 0 aromatic carbocycles. The topological polar surface area (TPSA) is 186 Å². The van der Waals surface area contributed by atoms with Gasteiger partial charge in [0, 0.05) is 0 Å². The molecule has 0 aromatic heterocycles. The highest BCUT2D eigenvalue weighted by atomic mass is 16.2. The van der Waals surface area contributed by atoms with Crippen LogP contribution in [-0.4, -0.2) is 66.7 Å². The van der Waals surface area contributed by atoms with E-state index in [1.807, 2.05) is 0 Å². The molecule has 0 aliphatic heterocycles. The zero-order valence-corrected chi connectivity index (χ0v) is 17.5. The minimum atomic E-state index is -0.914. The lowest BCUT2D eigenvalue weighted by Gasteiger charge is -2.23. The number of hydrogen-bond acceptors (Lipinski definition) is 7. The molecule has 0 spiro atoms. The Morgan fingerprint density at radius 2 is 1.31 bits per heavy atom. The van der Waals surface area contributed by atoms with Crippen LogP contribution >= 0.6 is 0 Å². The number of aldehydes is 1. The summed E-state index contributed by atoms with van der Waals surface area (Å²) >= 11 is 0. The van der Waals surface area contributed by atoms with Crippen molar-refractivity contribution < 1.29 is 24.0 Å². The number of carbonyl (C=O) groups is 5. The Morgan fingerprint density at radius 3 is 1.79 bits per heavy atom. The lowest BCUT2D eigenvalue weighted by molar-refractivity contribution is -0.133. The predicted molar refractivity (Wildman–Crippen MR) is 107 cm³/mol. The smallest absolute Gasteiger partial charge is 0.243 e. The van der Waals surface area contributed by atoms with Gasteiger partial charge < -0.3 is 37.5 Å². The van der Waals surface area contributed by atoms with Crippen LogP contribution in [0.4, 0.5) is 0 Å². The van der Waals surface area contributed by atoms with E-state index in [2.05, 4.69) is 21.3 Å². The molecule has 29 heavy (non-hydrogen) atoms. The molecule has 0 fully saturated rings. The summed E-state index contributed by atoms with van der Waals surface area (Å²) < 4.78 is 0. The number of nitrogens with two attached hydrogens (primary N) is 2. The Balaban J connectivity index is 4.98. The predicted octanol–water partition coefficient (Wildman–Crippen LogP) is -2.34. The monoisotopic (exact) mass is 414 g/mol. The van der Waals surface area contributed by atoms with Crippen LogP contribution in [0.3, 0.4) is 0 Å². The molecule has 0 saturated carbocycles. The van der Waals surface area contributed by atoms with Crippen molar-refractivity contribution >= 4 is 29.9 Å². The zero-order valence-electron chi connectivity index (χ0n) is 17.5. The fourth-order valence-electron chi connectivity index (χ4n) is 2.23. The van der Waals surface area contributed by atoms with Gasteiger partial charge in [0.2, 0.25) is 23.6 Å². The van der Waals surface area contributed by atoms with Crippen LogP contribution in [0.15, 0.2) is 0 Å². The Hall–Kier alpha value is -2.53. The Labute approximate surface area is 171 Å². The van der Waals surface area contributed by atoms with E-state index in [0.717, 1.165) is 0 Å². The molecule has 166 valence electrons. The molecule has 4 amide bonds. The van der Waals surface area contributed by atoms with E-state index in [1.54, 1.807) is 0 Å². The Kier molecular flexibility index (Phi) is 12.4. The quantitative estimate of drug-likeness (QED) is 0.144. The summed E-state index contributed by atoms with van der Waals surface area (Å²) in [4.78, 5) is 59.2. The van der Waals surface area contributed by atoms with E-state index in [4.69, 9.17) is 11.5 Å². The van der Waals surface area contributed by atoms with E-state index in [0.29, 0.717) is 32.1 Å². The summed E-state index contributed by atoms with van der Waals surface area (Å²) in [5.74, 6) is -2.13. The molecule has 0 aromatic rings. The number of unbranched alkanes of at least 4 members (excludes halogenated alkanes) is 1. The van der Waals surface area contributed by atoms with Gasteiger partial charge in [0.25, 0.3) is 0 Å². The molecule has 11 heteroatoms. The molecule has 0 aliphatic rings. The van der Waals surface area contributed by atoms with Crippen LogP contribution < -0.4 is 32.7 Å². The third kappa shape index (κ3) is 10.5. The van der Waals surface area contributed by atoms with Crippen LogP contribution in [0.2, 0.25) is 0 Å². The molecule has 0 heterocycles. The van der Waals surface area contributed by atoms with Crippen molar-refractivity contribution in [2.75, 3.05) is 6.54 Å². The Bertz CT molecular complexity index is 583. The summed E-state index contributed by atoms with van der Waals surface area (Å²) in [6.07, 6.45) is 2.11. The molecule has 0 aliphatic carbocycles. The second-order valence-corrected chi connectivity index (χ2v) is 7.03. The van der Waals surface area contributed by atoms with Crippen molar-refractivity contribution in [3.8, 4) is 0 Å². The largest absolute Gasteiger partial charge is 0.345 e. The van der Waals surface area contributed by atoms with Gasteiger partial charge in [-0.05, 0) is 53.5 Å². The van der Waals surface area contributed by atoms with Crippen LogP contribution in [0.5, 0.6) is 0 Å². The van der Waals surface area contributed by atoms with E-state index in [-0.39, 0.29) is 0 Å². The maximum absolute atomic E-state index is 12.6. The van der Waals surface area contributed by atoms with Crippen LogP contribution in [0.25, 0.3) is 0 Å². The first-order chi connectivity index (χ1) is 13.5. The first kappa shape index (κ1) is 26.5. The number of carbonyl (C=O) groups excluding carboxylic acids is 5. The summed E-state index contributed by atoms with van der Waals surface area (Å²) in [5, 5.41) is 9.98. The molecule has 11 nitrogen and oxygen atoms in total. The maximum atomic E-state index is 12.6. The molecule has 0 bridgehead atoms. The first-order valence-corrected chi connectivity index (χ1v) is 9.65. The minimum absolute atomic E-state index is 0.307. The van der Waals surface area contributed by atoms with Gasteiger partial charge in [-0.15, -0.1) is 0 Å². The third-order valence-electron chi connectivity index (χ3n) is 4.07. The van der Waals surface area contributed by atoms with E-state index >= 15 is 0 Å². The van der Waals surface area contributed by atoms with Gasteiger partial charge in [0.15, 0.2) is 0 Å². The van der Waals surface area contributed by atoms with Crippen molar-refractivity contribution in [1.29, 1.82) is 0 Å². The molecule has 5 atom stereocenters. The highest BCUT2D eigenvalue weighted by molar-refractivity contribution is 5.94. The highest BCUT2D eigenvalue weighted by Gasteiger charge is 2.27. The molecule has 0 unspecified atom stereocenters. The first-order valence-electron chi connectivity index (χ1n) is 9.65. The number of amides is 4. The lowest BCUT2D eigenvalue weighted by atomic mass is 10.1. The molecular weight excluding hydrogens is 380 g/mol. The van der Waals surface area contributed by atoms with Gasteiger partial charge in [-0.1, -0.05) is 0 Å².